The van der Waals surface area contributed by atoms with Gasteiger partial charge in [-0.1, -0.05) is 36.4 Å². The first-order valence-corrected chi connectivity index (χ1v) is 7.70. The molecular weight excluding hydrogens is 266 g/mol. The van der Waals surface area contributed by atoms with Crippen molar-refractivity contribution in [3.8, 4) is 22.4 Å². The van der Waals surface area contributed by atoms with Gasteiger partial charge in [0.2, 0.25) is 5.69 Å². The van der Waals surface area contributed by atoms with E-state index in [2.05, 4.69) is 93.2 Å². The fourth-order valence-electron chi connectivity index (χ4n) is 3.11. The summed E-state index contributed by atoms with van der Waals surface area (Å²) in [5.41, 5.74) is 9.10. The first kappa shape index (κ1) is 14.5. The molecule has 0 spiro atoms. The second-order valence-corrected chi connectivity index (χ2v) is 6.00. The van der Waals surface area contributed by atoms with Crippen molar-refractivity contribution < 1.29 is 4.57 Å². The summed E-state index contributed by atoms with van der Waals surface area (Å²) in [5, 5.41) is 0. The van der Waals surface area contributed by atoms with E-state index in [1.165, 1.54) is 39.1 Å². The van der Waals surface area contributed by atoms with Crippen LogP contribution in [0.4, 0.5) is 0 Å². The Morgan fingerprint density at radius 2 is 1.36 bits per heavy atom. The molecule has 0 unspecified atom stereocenters. The number of aryl methyl sites for hydroxylation is 3. The van der Waals surface area contributed by atoms with Gasteiger partial charge < -0.3 is 0 Å². The minimum Gasteiger partial charge on any atom is -0.201 e. The van der Waals surface area contributed by atoms with Crippen LogP contribution in [0, 0.1) is 20.8 Å². The van der Waals surface area contributed by atoms with Gasteiger partial charge in [-0.3, -0.25) is 0 Å². The number of benzene rings is 2. The number of aromatic nitrogens is 1. The molecule has 1 heterocycles. The molecule has 0 amide bonds. The van der Waals surface area contributed by atoms with Crippen molar-refractivity contribution in [2.75, 3.05) is 0 Å². The number of rotatable bonds is 2. The second-order valence-electron chi connectivity index (χ2n) is 6.00. The molecule has 110 valence electrons. The highest BCUT2D eigenvalue weighted by Crippen LogP contribution is 2.32. The number of pyridine rings is 1. The highest BCUT2D eigenvalue weighted by Gasteiger charge is 2.15. The second kappa shape index (κ2) is 5.76. The largest absolute Gasteiger partial charge is 0.212 e. The molecule has 0 fully saturated rings. The van der Waals surface area contributed by atoms with Gasteiger partial charge in [0, 0.05) is 17.2 Å². The molecular formula is C21H22N+. The molecule has 2 aromatic carbocycles. The van der Waals surface area contributed by atoms with Crippen LogP contribution in [-0.2, 0) is 7.05 Å². The summed E-state index contributed by atoms with van der Waals surface area (Å²) in [6.45, 7) is 6.52. The standard InChI is InChI=1S/C21H22N/c1-15-12-13-21(22(4)14-15)20-11-7-10-19(17(20)3)18-9-6-5-8-16(18)2/h5-14H,1-4H3/q+1. The van der Waals surface area contributed by atoms with Gasteiger partial charge in [-0.2, -0.15) is 0 Å². The summed E-state index contributed by atoms with van der Waals surface area (Å²) in [5.74, 6) is 0. The Morgan fingerprint density at radius 1 is 0.682 bits per heavy atom. The molecule has 0 saturated carbocycles. The van der Waals surface area contributed by atoms with Gasteiger partial charge in [-0.25, -0.2) is 4.57 Å². The molecule has 0 saturated heterocycles. The Balaban J connectivity index is 2.20. The maximum absolute atomic E-state index is 2.22. The Morgan fingerprint density at radius 3 is 2.09 bits per heavy atom. The van der Waals surface area contributed by atoms with E-state index < -0.39 is 0 Å². The van der Waals surface area contributed by atoms with Gasteiger partial charge in [-0.05, 0) is 55.2 Å². The van der Waals surface area contributed by atoms with Crippen LogP contribution in [0.25, 0.3) is 22.4 Å². The zero-order valence-electron chi connectivity index (χ0n) is 13.7. The van der Waals surface area contributed by atoms with Crippen LogP contribution < -0.4 is 4.57 Å². The Bertz CT molecular complexity index is 831. The van der Waals surface area contributed by atoms with Gasteiger partial charge in [0.25, 0.3) is 0 Å². The monoisotopic (exact) mass is 288 g/mol. The Hall–Kier alpha value is -2.41. The van der Waals surface area contributed by atoms with E-state index in [1.54, 1.807) is 0 Å². The average molecular weight is 288 g/mol. The normalized spacial score (nSPS) is 10.7. The molecule has 0 bridgehead atoms. The maximum Gasteiger partial charge on any atom is 0.212 e. The molecule has 0 N–H and O–H groups in total. The SMILES string of the molecule is Cc1ccc(-c2cccc(-c3ccccc3C)c2C)[n+](C)c1. The average Bonchev–Trinajstić information content (AvgIpc) is 2.49. The van der Waals surface area contributed by atoms with E-state index in [-0.39, 0.29) is 0 Å². The topological polar surface area (TPSA) is 3.88 Å². The number of hydrogen-bond donors (Lipinski definition) is 0. The third-order valence-electron chi connectivity index (χ3n) is 4.33. The molecule has 0 aliphatic heterocycles. The molecule has 0 atom stereocenters. The predicted molar refractivity (Wildman–Crippen MR) is 92.7 cm³/mol. The van der Waals surface area contributed by atoms with E-state index in [9.17, 15) is 0 Å². The lowest BCUT2D eigenvalue weighted by Gasteiger charge is -2.12. The van der Waals surface area contributed by atoms with E-state index in [4.69, 9.17) is 0 Å². The summed E-state index contributed by atoms with van der Waals surface area (Å²) in [6, 6.07) is 19.6. The first-order chi connectivity index (χ1) is 10.6. The summed E-state index contributed by atoms with van der Waals surface area (Å²) in [7, 11) is 2.11. The van der Waals surface area contributed by atoms with E-state index in [0.29, 0.717) is 0 Å². The zero-order valence-corrected chi connectivity index (χ0v) is 13.7. The quantitative estimate of drug-likeness (QED) is 0.598. The fourth-order valence-corrected chi connectivity index (χ4v) is 3.11. The molecule has 0 radical (unpaired) electrons. The van der Waals surface area contributed by atoms with Gasteiger partial charge in [0.05, 0.1) is 0 Å². The smallest absolute Gasteiger partial charge is 0.201 e. The molecule has 1 nitrogen and oxygen atoms in total. The Labute approximate surface area is 132 Å². The molecule has 1 aromatic heterocycles. The molecule has 3 rings (SSSR count). The molecule has 1 heteroatoms. The van der Waals surface area contributed by atoms with Crippen molar-refractivity contribution in [2.45, 2.75) is 20.8 Å². The van der Waals surface area contributed by atoms with Gasteiger partial charge in [0.15, 0.2) is 6.20 Å². The minimum atomic E-state index is 1.25. The number of hydrogen-bond acceptors (Lipinski definition) is 0. The van der Waals surface area contributed by atoms with Crippen molar-refractivity contribution in [1.29, 1.82) is 0 Å². The highest BCUT2D eigenvalue weighted by molar-refractivity contribution is 5.77. The van der Waals surface area contributed by atoms with Gasteiger partial charge >= 0.3 is 0 Å². The van der Waals surface area contributed by atoms with Crippen molar-refractivity contribution in [3.63, 3.8) is 0 Å². The van der Waals surface area contributed by atoms with Crippen LogP contribution >= 0.6 is 0 Å². The minimum absolute atomic E-state index is 1.25. The van der Waals surface area contributed by atoms with Crippen molar-refractivity contribution in [3.05, 3.63) is 77.5 Å². The third-order valence-corrected chi connectivity index (χ3v) is 4.33. The first-order valence-electron chi connectivity index (χ1n) is 7.70. The Kier molecular flexibility index (Phi) is 3.81. The van der Waals surface area contributed by atoms with Crippen LogP contribution in [0.15, 0.2) is 60.8 Å². The third kappa shape index (κ3) is 2.55. The molecule has 0 aliphatic carbocycles. The van der Waals surface area contributed by atoms with E-state index in [0.717, 1.165) is 0 Å². The lowest BCUT2D eigenvalue weighted by molar-refractivity contribution is -0.660. The van der Waals surface area contributed by atoms with Gasteiger partial charge in [-0.15, -0.1) is 0 Å². The van der Waals surface area contributed by atoms with Crippen LogP contribution in [-0.4, -0.2) is 0 Å². The summed E-state index contributed by atoms with van der Waals surface area (Å²) in [4.78, 5) is 0. The predicted octanol–water partition coefficient (Wildman–Crippen LogP) is 4.77. The highest BCUT2D eigenvalue weighted by atomic mass is 14.9. The van der Waals surface area contributed by atoms with Crippen molar-refractivity contribution >= 4 is 0 Å². The van der Waals surface area contributed by atoms with E-state index in [1.807, 2.05) is 0 Å². The van der Waals surface area contributed by atoms with Crippen molar-refractivity contribution in [2.24, 2.45) is 7.05 Å². The molecule has 0 aliphatic rings. The fraction of sp³-hybridized carbons (Fsp3) is 0.190. The summed E-state index contributed by atoms with van der Waals surface area (Å²) in [6.07, 6.45) is 2.18. The summed E-state index contributed by atoms with van der Waals surface area (Å²) < 4.78 is 2.21. The maximum atomic E-state index is 2.22. The van der Waals surface area contributed by atoms with Crippen LogP contribution in [0.2, 0.25) is 0 Å². The zero-order chi connectivity index (χ0) is 15.7. The van der Waals surface area contributed by atoms with Crippen LogP contribution in [0.3, 0.4) is 0 Å². The van der Waals surface area contributed by atoms with Crippen LogP contribution in [0.1, 0.15) is 16.7 Å². The lowest BCUT2D eigenvalue weighted by atomic mass is 9.92. The van der Waals surface area contributed by atoms with Crippen LogP contribution in [0.5, 0.6) is 0 Å². The molecule has 3 aromatic rings. The van der Waals surface area contributed by atoms with Crippen molar-refractivity contribution in [1.82, 2.24) is 0 Å². The number of nitrogens with zero attached hydrogens (tertiary/aromatic N) is 1. The van der Waals surface area contributed by atoms with E-state index >= 15 is 0 Å². The lowest BCUT2D eigenvalue weighted by Crippen LogP contribution is -2.31. The summed E-state index contributed by atoms with van der Waals surface area (Å²) >= 11 is 0. The molecule has 22 heavy (non-hydrogen) atoms. The van der Waals surface area contributed by atoms with Gasteiger partial charge in [0.1, 0.15) is 7.05 Å².